The van der Waals surface area contributed by atoms with Gasteiger partial charge in [-0.2, -0.15) is 0 Å². The molecule has 3 heterocycles. The number of carbonyl (C=O) groups excluding carboxylic acids is 2. The number of hydrogen-bond acceptors (Lipinski definition) is 4. The van der Waals surface area contributed by atoms with Crippen molar-refractivity contribution in [1.29, 1.82) is 0 Å². The second-order valence-corrected chi connectivity index (χ2v) is 7.76. The van der Waals surface area contributed by atoms with E-state index in [1.54, 1.807) is 13.1 Å². The van der Waals surface area contributed by atoms with Crippen LogP contribution >= 0.6 is 0 Å². The predicted molar refractivity (Wildman–Crippen MR) is 107 cm³/mol. The summed E-state index contributed by atoms with van der Waals surface area (Å²) in [4.78, 5) is 33.6. The van der Waals surface area contributed by atoms with Crippen LogP contribution in [0.15, 0.2) is 42.6 Å². The molecule has 2 aliphatic heterocycles. The number of piperidine rings is 1. The number of pyridine rings is 1. The van der Waals surface area contributed by atoms with Gasteiger partial charge < -0.3 is 15.5 Å². The quantitative estimate of drug-likeness (QED) is 0.868. The Bertz CT molecular complexity index is 889. The highest BCUT2D eigenvalue weighted by Gasteiger charge is 2.46. The smallest absolute Gasteiger partial charge is 0.233 e. The van der Waals surface area contributed by atoms with Gasteiger partial charge in [0.05, 0.1) is 5.41 Å². The number of aromatic nitrogens is 1. The third-order valence-corrected chi connectivity index (χ3v) is 6.27. The van der Waals surface area contributed by atoms with Crippen molar-refractivity contribution >= 4 is 17.6 Å². The first-order chi connectivity index (χ1) is 13.5. The number of nitrogens with two attached hydrogens (primary N) is 1. The molecule has 2 N–H and O–H groups in total. The monoisotopic (exact) mass is 378 g/mol. The molecule has 2 amide bonds. The fourth-order valence-electron chi connectivity index (χ4n) is 4.56. The number of hydrogen-bond donors (Lipinski definition) is 1. The molecule has 1 saturated heterocycles. The summed E-state index contributed by atoms with van der Waals surface area (Å²) in [5, 5.41) is 0. The first-order valence-electron chi connectivity index (χ1n) is 9.84. The maximum atomic E-state index is 13.8. The van der Waals surface area contributed by atoms with Crippen molar-refractivity contribution in [2.45, 2.75) is 38.1 Å². The predicted octanol–water partition coefficient (Wildman–Crippen LogP) is 2.13. The Morgan fingerprint density at radius 2 is 1.75 bits per heavy atom. The van der Waals surface area contributed by atoms with Gasteiger partial charge in [-0.05, 0) is 36.5 Å². The Morgan fingerprint density at radius 1 is 1.04 bits per heavy atom. The summed E-state index contributed by atoms with van der Waals surface area (Å²) in [6.07, 6.45) is 3.80. The van der Waals surface area contributed by atoms with E-state index in [2.05, 4.69) is 4.98 Å². The number of carbonyl (C=O) groups is 2. The van der Waals surface area contributed by atoms with E-state index < -0.39 is 5.41 Å². The summed E-state index contributed by atoms with van der Waals surface area (Å²) >= 11 is 0. The van der Waals surface area contributed by atoms with Crippen LogP contribution in [0.4, 0.5) is 5.82 Å². The molecule has 4 rings (SSSR count). The van der Waals surface area contributed by atoms with E-state index in [-0.39, 0.29) is 11.8 Å². The van der Waals surface area contributed by atoms with Crippen LogP contribution in [-0.4, -0.2) is 46.2 Å². The van der Waals surface area contributed by atoms with Crippen molar-refractivity contribution < 1.29 is 9.59 Å². The maximum Gasteiger partial charge on any atom is 0.233 e. The highest BCUT2D eigenvalue weighted by Crippen LogP contribution is 2.39. The maximum absolute atomic E-state index is 13.8. The lowest BCUT2D eigenvalue weighted by molar-refractivity contribution is -0.143. The lowest BCUT2D eigenvalue weighted by Crippen LogP contribution is -2.54. The van der Waals surface area contributed by atoms with Crippen LogP contribution in [-0.2, 0) is 28.0 Å². The summed E-state index contributed by atoms with van der Waals surface area (Å²) in [6, 6.07) is 12.0. The van der Waals surface area contributed by atoms with Crippen LogP contribution in [0, 0.1) is 0 Å². The summed E-state index contributed by atoms with van der Waals surface area (Å²) < 4.78 is 0. The first-order valence-corrected chi connectivity index (χ1v) is 9.84. The third-order valence-electron chi connectivity index (χ3n) is 6.27. The molecule has 146 valence electrons. The Morgan fingerprint density at radius 3 is 2.43 bits per heavy atom. The Kier molecular flexibility index (Phi) is 4.79. The molecule has 0 spiro atoms. The molecule has 28 heavy (non-hydrogen) atoms. The van der Waals surface area contributed by atoms with Crippen molar-refractivity contribution in [2.75, 3.05) is 25.4 Å². The molecule has 1 aromatic heterocycles. The topological polar surface area (TPSA) is 79.5 Å². The molecule has 1 fully saturated rings. The summed E-state index contributed by atoms with van der Waals surface area (Å²) in [7, 11) is 0. The summed E-state index contributed by atoms with van der Waals surface area (Å²) in [5.74, 6) is 0.714. The van der Waals surface area contributed by atoms with E-state index in [4.69, 9.17) is 5.73 Å². The van der Waals surface area contributed by atoms with Crippen LogP contribution in [0.25, 0.3) is 0 Å². The second kappa shape index (κ2) is 7.26. The van der Waals surface area contributed by atoms with E-state index in [9.17, 15) is 9.59 Å². The summed E-state index contributed by atoms with van der Waals surface area (Å²) in [5.41, 5.74) is 8.67. The molecule has 0 radical (unpaired) electrons. The number of nitrogen functional groups attached to an aromatic ring is 1. The number of anilines is 1. The number of nitrogens with zero attached hydrogens (tertiary/aromatic N) is 3. The zero-order chi connectivity index (χ0) is 19.7. The minimum Gasteiger partial charge on any atom is -0.383 e. The second-order valence-electron chi connectivity index (χ2n) is 7.76. The summed E-state index contributed by atoms with van der Waals surface area (Å²) in [6.45, 7) is 3.97. The standard InChI is InChI=1S/C22H26N4O2/c1-16(27)25-13-9-22(10-14-25,18-5-3-2-4-6-18)21(28)26-12-8-17-7-11-24-20(23)19(17)15-26/h2-7,11H,8-10,12-15H2,1H3,(H2,23,24). The molecule has 2 aromatic rings. The Hall–Kier alpha value is -2.89. The van der Waals surface area contributed by atoms with Gasteiger partial charge in [-0.1, -0.05) is 30.3 Å². The fourth-order valence-corrected chi connectivity index (χ4v) is 4.56. The molecule has 6 nitrogen and oxygen atoms in total. The zero-order valence-electron chi connectivity index (χ0n) is 16.2. The van der Waals surface area contributed by atoms with Crippen LogP contribution in [0.2, 0.25) is 0 Å². The number of amides is 2. The van der Waals surface area contributed by atoms with Gasteiger partial charge in [0, 0.05) is 44.9 Å². The molecule has 0 aliphatic carbocycles. The third kappa shape index (κ3) is 3.13. The number of benzene rings is 1. The van der Waals surface area contributed by atoms with Crippen LogP contribution in [0.1, 0.15) is 36.5 Å². The molecule has 6 heteroatoms. The van der Waals surface area contributed by atoms with Gasteiger partial charge in [-0.25, -0.2) is 4.98 Å². The van der Waals surface area contributed by atoms with Gasteiger partial charge in [0.25, 0.3) is 0 Å². The molecule has 0 saturated carbocycles. The van der Waals surface area contributed by atoms with Crippen LogP contribution in [0.5, 0.6) is 0 Å². The van der Waals surface area contributed by atoms with Gasteiger partial charge in [0.2, 0.25) is 11.8 Å². The van der Waals surface area contributed by atoms with E-state index >= 15 is 0 Å². The van der Waals surface area contributed by atoms with E-state index in [1.165, 1.54) is 5.56 Å². The highest BCUT2D eigenvalue weighted by molar-refractivity contribution is 5.89. The van der Waals surface area contributed by atoms with Gasteiger partial charge >= 0.3 is 0 Å². The van der Waals surface area contributed by atoms with Gasteiger partial charge in [-0.3, -0.25) is 9.59 Å². The number of likely N-dealkylation sites (tertiary alicyclic amines) is 1. The SMILES string of the molecule is CC(=O)N1CCC(C(=O)N2CCc3ccnc(N)c3C2)(c2ccccc2)CC1. The molecular formula is C22H26N4O2. The minimum absolute atomic E-state index is 0.0693. The molecule has 0 bridgehead atoms. The average Bonchev–Trinajstić information content (AvgIpc) is 2.74. The lowest BCUT2D eigenvalue weighted by Gasteiger charge is -2.44. The fraction of sp³-hybridized carbons (Fsp3) is 0.409. The molecule has 0 unspecified atom stereocenters. The van der Waals surface area contributed by atoms with Crippen molar-refractivity contribution in [3.63, 3.8) is 0 Å². The Labute approximate surface area is 165 Å². The van der Waals surface area contributed by atoms with E-state index in [0.29, 0.717) is 44.8 Å². The number of rotatable bonds is 2. The average molecular weight is 378 g/mol. The normalized spacial score (nSPS) is 18.5. The van der Waals surface area contributed by atoms with Crippen LogP contribution < -0.4 is 5.73 Å². The van der Waals surface area contributed by atoms with Gasteiger partial charge in [0.1, 0.15) is 5.82 Å². The van der Waals surface area contributed by atoms with E-state index in [0.717, 1.165) is 17.5 Å². The van der Waals surface area contributed by atoms with Crippen molar-refractivity contribution in [1.82, 2.24) is 14.8 Å². The number of fused-ring (bicyclic) bond motifs is 1. The highest BCUT2D eigenvalue weighted by atomic mass is 16.2. The Balaban J connectivity index is 1.65. The molecule has 1 aromatic carbocycles. The van der Waals surface area contributed by atoms with Crippen molar-refractivity contribution in [2.24, 2.45) is 0 Å². The van der Waals surface area contributed by atoms with Gasteiger partial charge in [-0.15, -0.1) is 0 Å². The lowest BCUT2D eigenvalue weighted by atomic mass is 9.71. The molecule has 0 atom stereocenters. The van der Waals surface area contributed by atoms with E-state index in [1.807, 2.05) is 46.2 Å². The zero-order valence-corrected chi connectivity index (χ0v) is 16.2. The van der Waals surface area contributed by atoms with Gasteiger partial charge in [0.15, 0.2) is 0 Å². The van der Waals surface area contributed by atoms with Crippen molar-refractivity contribution in [3.05, 3.63) is 59.3 Å². The van der Waals surface area contributed by atoms with Crippen molar-refractivity contribution in [3.8, 4) is 0 Å². The largest absolute Gasteiger partial charge is 0.383 e. The minimum atomic E-state index is -0.596. The molecule has 2 aliphatic rings. The van der Waals surface area contributed by atoms with Crippen LogP contribution in [0.3, 0.4) is 0 Å². The first kappa shape index (κ1) is 18.5. The molecular weight excluding hydrogens is 352 g/mol.